The number of alkyl carbamates (subject to hydrolysis) is 1. The predicted octanol–water partition coefficient (Wildman–Crippen LogP) is 3.77. The van der Waals surface area contributed by atoms with E-state index in [0.717, 1.165) is 5.56 Å². The molecule has 1 aromatic rings. The highest BCUT2D eigenvalue weighted by Gasteiger charge is 2.32. The first-order valence-electron chi connectivity index (χ1n) is 9.58. The number of benzene rings is 1. The zero-order chi connectivity index (χ0) is 22.0. The van der Waals surface area contributed by atoms with Crippen LogP contribution >= 0.6 is 0 Å². The van der Waals surface area contributed by atoms with Crippen molar-refractivity contribution in [2.45, 2.75) is 59.3 Å². The van der Waals surface area contributed by atoms with Crippen molar-refractivity contribution >= 4 is 18.0 Å². The Hall–Kier alpha value is -2.83. The second-order valence-electron chi connectivity index (χ2n) is 7.72. The number of hydrogen-bond acceptors (Lipinski definition) is 6. The van der Waals surface area contributed by atoms with Gasteiger partial charge in [0.1, 0.15) is 18.2 Å². The van der Waals surface area contributed by atoms with E-state index < -0.39 is 35.6 Å². The van der Waals surface area contributed by atoms with Crippen LogP contribution in [0.3, 0.4) is 0 Å². The minimum Gasteiger partial charge on any atom is -0.463 e. The molecule has 0 spiro atoms. The van der Waals surface area contributed by atoms with Crippen molar-refractivity contribution < 1.29 is 28.6 Å². The smallest absolute Gasteiger partial charge is 0.408 e. The number of carbonyl (C=O) groups is 3. The lowest BCUT2D eigenvalue weighted by molar-refractivity contribution is -0.159. The molecule has 1 N–H and O–H groups in total. The predicted molar refractivity (Wildman–Crippen MR) is 109 cm³/mol. The van der Waals surface area contributed by atoms with Gasteiger partial charge in [0.25, 0.3) is 0 Å². The Morgan fingerprint density at radius 3 is 2.28 bits per heavy atom. The van der Waals surface area contributed by atoms with Crippen molar-refractivity contribution in [1.29, 1.82) is 0 Å². The van der Waals surface area contributed by atoms with Gasteiger partial charge in [-0.2, -0.15) is 0 Å². The largest absolute Gasteiger partial charge is 0.463 e. The lowest BCUT2D eigenvalue weighted by atomic mass is 9.94. The highest BCUT2D eigenvalue weighted by Crippen LogP contribution is 2.19. The van der Waals surface area contributed by atoms with Gasteiger partial charge in [-0.1, -0.05) is 43.8 Å². The van der Waals surface area contributed by atoms with Gasteiger partial charge in [-0.3, -0.25) is 0 Å². The van der Waals surface area contributed by atoms with Gasteiger partial charge in [0.05, 0.1) is 6.61 Å². The maximum atomic E-state index is 12.6. The zero-order valence-corrected chi connectivity index (χ0v) is 17.8. The molecule has 0 heterocycles. The van der Waals surface area contributed by atoms with Crippen LogP contribution in [0.15, 0.2) is 42.5 Å². The zero-order valence-electron chi connectivity index (χ0n) is 17.8. The average molecular weight is 405 g/mol. The Morgan fingerprint density at radius 2 is 1.72 bits per heavy atom. The van der Waals surface area contributed by atoms with Crippen LogP contribution in [0.4, 0.5) is 4.79 Å². The van der Waals surface area contributed by atoms with E-state index in [-0.39, 0.29) is 25.2 Å². The SMILES string of the molecule is C=C(CC(C)[C@H](NC(=O)OCc1ccccc1)C(=O)OC(C)(C)C)C(=O)OCC. The average Bonchev–Trinajstić information content (AvgIpc) is 2.63. The normalized spacial score (nSPS) is 13.0. The van der Waals surface area contributed by atoms with Gasteiger partial charge in [0.2, 0.25) is 0 Å². The second kappa shape index (κ2) is 11.2. The molecule has 0 aliphatic carbocycles. The summed E-state index contributed by atoms with van der Waals surface area (Å²) < 4.78 is 15.6. The van der Waals surface area contributed by atoms with Gasteiger partial charge >= 0.3 is 18.0 Å². The molecule has 160 valence electrons. The standard InChI is InChI=1S/C22H31NO6/c1-7-27-19(24)16(3)13-15(2)18(20(25)29-22(4,5)6)23-21(26)28-14-17-11-9-8-10-12-17/h8-12,15,18H,3,7,13-14H2,1-2,4-6H3,(H,23,26)/t15?,18-/m0/s1. The van der Waals surface area contributed by atoms with Crippen LogP contribution in [0.1, 0.15) is 46.6 Å². The topological polar surface area (TPSA) is 90.9 Å². The Labute approximate surface area is 172 Å². The summed E-state index contributed by atoms with van der Waals surface area (Å²) in [7, 11) is 0. The molecular formula is C22H31NO6. The molecule has 0 bridgehead atoms. The Bertz CT molecular complexity index is 708. The molecule has 0 saturated heterocycles. The number of esters is 2. The van der Waals surface area contributed by atoms with E-state index in [1.807, 2.05) is 30.3 Å². The van der Waals surface area contributed by atoms with Crippen LogP contribution in [-0.2, 0) is 30.4 Å². The first-order valence-corrected chi connectivity index (χ1v) is 9.58. The summed E-state index contributed by atoms with van der Waals surface area (Å²) in [6.45, 7) is 12.6. The minimum atomic E-state index is -1.01. The van der Waals surface area contributed by atoms with Crippen molar-refractivity contribution in [3.63, 3.8) is 0 Å². The van der Waals surface area contributed by atoms with Crippen LogP contribution in [0.2, 0.25) is 0 Å². The summed E-state index contributed by atoms with van der Waals surface area (Å²) in [5, 5.41) is 2.56. The molecule has 0 radical (unpaired) electrons. The fraction of sp³-hybridized carbons (Fsp3) is 0.500. The summed E-state index contributed by atoms with van der Waals surface area (Å²) in [5.74, 6) is -1.61. The Balaban J connectivity index is 2.81. The Morgan fingerprint density at radius 1 is 1.10 bits per heavy atom. The van der Waals surface area contributed by atoms with Gasteiger partial charge in [-0.25, -0.2) is 14.4 Å². The highest BCUT2D eigenvalue weighted by atomic mass is 16.6. The summed E-state index contributed by atoms with van der Waals surface area (Å²) in [4.78, 5) is 36.7. The molecule has 29 heavy (non-hydrogen) atoms. The lowest BCUT2D eigenvalue weighted by Crippen LogP contribution is -2.48. The molecule has 0 aliphatic heterocycles. The molecule has 1 amide bonds. The first kappa shape index (κ1) is 24.2. The number of ether oxygens (including phenoxy) is 3. The van der Waals surface area contributed by atoms with Crippen molar-refractivity contribution in [3.8, 4) is 0 Å². The van der Waals surface area contributed by atoms with Crippen LogP contribution in [0.5, 0.6) is 0 Å². The third-order valence-electron chi connectivity index (χ3n) is 3.85. The van der Waals surface area contributed by atoms with E-state index in [1.54, 1.807) is 34.6 Å². The van der Waals surface area contributed by atoms with Crippen LogP contribution in [-0.4, -0.2) is 36.3 Å². The number of rotatable bonds is 9. The molecule has 0 saturated carbocycles. The summed E-state index contributed by atoms with van der Waals surface area (Å²) in [6, 6.07) is 8.17. The van der Waals surface area contributed by atoms with Crippen LogP contribution in [0.25, 0.3) is 0 Å². The van der Waals surface area contributed by atoms with Crippen LogP contribution in [0, 0.1) is 5.92 Å². The number of amides is 1. The maximum Gasteiger partial charge on any atom is 0.408 e. The third kappa shape index (κ3) is 9.27. The van der Waals surface area contributed by atoms with Crippen molar-refractivity contribution in [3.05, 3.63) is 48.0 Å². The molecule has 7 nitrogen and oxygen atoms in total. The summed E-state index contributed by atoms with van der Waals surface area (Å²) in [6.07, 6.45) is -0.597. The van der Waals surface area contributed by atoms with Crippen LogP contribution < -0.4 is 5.32 Å². The molecule has 0 fully saturated rings. The monoisotopic (exact) mass is 405 g/mol. The van der Waals surface area contributed by atoms with Gasteiger partial charge in [-0.15, -0.1) is 0 Å². The molecule has 1 rings (SSSR count). The van der Waals surface area contributed by atoms with Gasteiger partial charge in [0.15, 0.2) is 0 Å². The molecule has 2 atom stereocenters. The summed E-state index contributed by atoms with van der Waals surface area (Å²) >= 11 is 0. The molecule has 0 aromatic heterocycles. The molecular weight excluding hydrogens is 374 g/mol. The fourth-order valence-electron chi connectivity index (χ4n) is 2.51. The number of nitrogens with one attached hydrogen (secondary N) is 1. The van der Waals surface area contributed by atoms with E-state index in [9.17, 15) is 14.4 Å². The van der Waals surface area contributed by atoms with E-state index in [1.165, 1.54) is 0 Å². The van der Waals surface area contributed by atoms with Gasteiger partial charge in [-0.05, 0) is 45.6 Å². The Kier molecular flexibility index (Phi) is 9.38. The molecule has 1 aromatic carbocycles. The highest BCUT2D eigenvalue weighted by molar-refractivity contribution is 5.88. The maximum absolute atomic E-state index is 12.6. The van der Waals surface area contributed by atoms with Crippen molar-refractivity contribution in [2.24, 2.45) is 5.92 Å². The van der Waals surface area contributed by atoms with E-state index in [4.69, 9.17) is 14.2 Å². The molecule has 1 unspecified atom stereocenters. The van der Waals surface area contributed by atoms with E-state index in [0.29, 0.717) is 0 Å². The fourth-order valence-corrected chi connectivity index (χ4v) is 2.51. The first-order chi connectivity index (χ1) is 13.5. The summed E-state index contributed by atoms with van der Waals surface area (Å²) in [5.41, 5.74) is 0.301. The van der Waals surface area contributed by atoms with Crippen molar-refractivity contribution in [1.82, 2.24) is 5.32 Å². The third-order valence-corrected chi connectivity index (χ3v) is 3.85. The quantitative estimate of drug-likeness (QED) is 0.382. The molecule has 0 aliphatic rings. The van der Waals surface area contributed by atoms with Gasteiger partial charge < -0.3 is 19.5 Å². The lowest BCUT2D eigenvalue weighted by Gasteiger charge is -2.28. The minimum absolute atomic E-state index is 0.0671. The number of hydrogen-bond donors (Lipinski definition) is 1. The second-order valence-corrected chi connectivity index (χ2v) is 7.72. The van der Waals surface area contributed by atoms with E-state index in [2.05, 4.69) is 11.9 Å². The van der Waals surface area contributed by atoms with E-state index >= 15 is 0 Å². The number of carbonyl (C=O) groups excluding carboxylic acids is 3. The van der Waals surface area contributed by atoms with Gasteiger partial charge in [0, 0.05) is 5.57 Å². The van der Waals surface area contributed by atoms with Crippen molar-refractivity contribution in [2.75, 3.05) is 6.61 Å². The molecule has 7 heteroatoms.